The molecule has 29 heavy (non-hydrogen) atoms. The van der Waals surface area contributed by atoms with Crippen LogP contribution in [0.4, 0.5) is 0 Å². The van der Waals surface area contributed by atoms with Crippen LogP contribution in [0.1, 0.15) is 104 Å². The summed E-state index contributed by atoms with van der Waals surface area (Å²) in [5, 5.41) is 0. The molecule has 0 saturated carbocycles. The Kier molecular flexibility index (Phi) is 17.4. The van der Waals surface area contributed by atoms with Crippen molar-refractivity contribution in [3.63, 3.8) is 0 Å². The van der Waals surface area contributed by atoms with Crippen LogP contribution in [0, 0.1) is 5.41 Å². The maximum absolute atomic E-state index is 12.6. The summed E-state index contributed by atoms with van der Waals surface area (Å²) in [5.41, 5.74) is -1.18. The van der Waals surface area contributed by atoms with Crippen LogP contribution in [-0.4, -0.2) is 26.2 Å². The first kappa shape index (κ1) is 27.4. The zero-order valence-electron chi connectivity index (χ0n) is 19.3. The molecule has 0 amide bonds. The van der Waals surface area contributed by atoms with E-state index in [1.54, 1.807) is 0 Å². The molecular formula is C25H44O4. The van der Waals surface area contributed by atoms with E-state index in [1.807, 2.05) is 0 Å². The Morgan fingerprint density at radius 3 is 1.28 bits per heavy atom. The number of hydrogen-bond acceptors (Lipinski definition) is 4. The summed E-state index contributed by atoms with van der Waals surface area (Å²) in [6.07, 6.45) is 22.5. The third-order valence-corrected chi connectivity index (χ3v) is 5.38. The molecule has 0 fully saturated rings. The van der Waals surface area contributed by atoms with Gasteiger partial charge in [-0.15, -0.1) is 0 Å². The number of esters is 2. The molecule has 4 heteroatoms. The first-order valence-corrected chi connectivity index (χ1v) is 11.6. The second-order valence-electron chi connectivity index (χ2n) is 7.78. The first-order chi connectivity index (χ1) is 14.1. The number of allylic oxidation sites excluding steroid dienone is 4. The summed E-state index contributed by atoms with van der Waals surface area (Å²) in [7, 11) is 2.70. The smallest absolute Gasteiger partial charge is 0.323 e. The molecule has 0 N–H and O–H groups in total. The minimum Gasteiger partial charge on any atom is -0.468 e. The molecule has 0 radical (unpaired) electrons. The van der Waals surface area contributed by atoms with Gasteiger partial charge in [0.1, 0.15) is 0 Å². The summed E-state index contributed by atoms with van der Waals surface area (Å²) in [5.74, 6) is -0.939. The van der Waals surface area contributed by atoms with Crippen LogP contribution in [0.2, 0.25) is 0 Å². The molecule has 168 valence electrons. The van der Waals surface area contributed by atoms with E-state index in [0.29, 0.717) is 12.8 Å². The van der Waals surface area contributed by atoms with Gasteiger partial charge in [-0.3, -0.25) is 9.59 Å². The number of rotatable bonds is 18. The monoisotopic (exact) mass is 408 g/mol. The second-order valence-corrected chi connectivity index (χ2v) is 7.78. The van der Waals surface area contributed by atoms with Crippen LogP contribution >= 0.6 is 0 Å². The summed E-state index contributed by atoms with van der Waals surface area (Å²) < 4.78 is 10.0. The molecule has 0 aromatic carbocycles. The third kappa shape index (κ3) is 11.9. The number of ether oxygens (including phenoxy) is 2. The fourth-order valence-corrected chi connectivity index (χ4v) is 3.55. The predicted octanol–water partition coefficient (Wildman–Crippen LogP) is 6.93. The molecule has 0 aromatic rings. The highest BCUT2D eigenvalue weighted by molar-refractivity contribution is 5.99. The second kappa shape index (κ2) is 18.4. The number of hydrogen-bond donors (Lipinski definition) is 0. The van der Waals surface area contributed by atoms with Crippen LogP contribution in [0.25, 0.3) is 0 Å². The molecule has 0 saturated heterocycles. The Bertz CT molecular complexity index is 435. The topological polar surface area (TPSA) is 52.6 Å². The Morgan fingerprint density at radius 1 is 0.621 bits per heavy atom. The first-order valence-electron chi connectivity index (χ1n) is 11.6. The normalized spacial score (nSPS) is 12.0. The maximum atomic E-state index is 12.6. The molecule has 0 atom stereocenters. The lowest BCUT2D eigenvalue weighted by molar-refractivity contribution is -0.170. The number of carbonyl (C=O) groups excluding carboxylic acids is 2. The largest absolute Gasteiger partial charge is 0.468 e. The van der Waals surface area contributed by atoms with Gasteiger partial charge in [-0.2, -0.15) is 0 Å². The van der Waals surface area contributed by atoms with Gasteiger partial charge in [-0.25, -0.2) is 0 Å². The van der Waals surface area contributed by atoms with E-state index in [4.69, 9.17) is 9.47 Å². The SMILES string of the molecule is CCCCC/C=C\CCCC(CCC/C=C\CCCCC)(C(=O)OC)C(=O)OC. The van der Waals surface area contributed by atoms with Gasteiger partial charge in [0.15, 0.2) is 5.41 Å². The van der Waals surface area contributed by atoms with Crippen LogP contribution in [-0.2, 0) is 19.1 Å². The average molecular weight is 409 g/mol. The molecule has 4 nitrogen and oxygen atoms in total. The van der Waals surface area contributed by atoms with Crippen molar-refractivity contribution in [1.82, 2.24) is 0 Å². The highest BCUT2D eigenvalue weighted by atomic mass is 16.5. The standard InChI is InChI=1S/C25H44O4/c1-5-7-9-11-13-15-17-19-21-25(23(26)28-3,24(27)29-4)22-20-18-16-14-12-10-8-6-2/h13-16H,5-12,17-22H2,1-4H3/b15-13-,16-14-. The van der Waals surface area contributed by atoms with E-state index >= 15 is 0 Å². The minimum atomic E-state index is -1.18. The Morgan fingerprint density at radius 2 is 0.966 bits per heavy atom. The van der Waals surface area contributed by atoms with Crippen LogP contribution in [0.3, 0.4) is 0 Å². The molecule has 0 aromatic heterocycles. The molecule has 0 bridgehead atoms. The Hall–Kier alpha value is -1.58. The molecule has 0 spiro atoms. The van der Waals surface area contributed by atoms with Gasteiger partial charge < -0.3 is 9.47 Å². The lowest BCUT2D eigenvalue weighted by Gasteiger charge is -2.28. The molecule has 0 heterocycles. The number of unbranched alkanes of at least 4 members (excludes halogenated alkanes) is 8. The molecule has 0 rings (SSSR count). The van der Waals surface area contributed by atoms with E-state index in [1.165, 1.54) is 52.7 Å². The fraction of sp³-hybridized carbons (Fsp3) is 0.760. The quantitative estimate of drug-likeness (QED) is 0.107. The van der Waals surface area contributed by atoms with Crippen molar-refractivity contribution in [3.8, 4) is 0 Å². The summed E-state index contributed by atoms with van der Waals surface area (Å²) in [6.45, 7) is 4.40. The van der Waals surface area contributed by atoms with Crippen molar-refractivity contribution < 1.29 is 19.1 Å². The van der Waals surface area contributed by atoms with Gasteiger partial charge in [0.05, 0.1) is 14.2 Å². The maximum Gasteiger partial charge on any atom is 0.323 e. The highest BCUT2D eigenvalue weighted by Crippen LogP contribution is 2.34. The van der Waals surface area contributed by atoms with Gasteiger partial charge >= 0.3 is 11.9 Å². The summed E-state index contributed by atoms with van der Waals surface area (Å²) >= 11 is 0. The summed E-state index contributed by atoms with van der Waals surface area (Å²) in [6, 6.07) is 0. The number of carbonyl (C=O) groups is 2. The lowest BCUT2D eigenvalue weighted by atomic mass is 9.78. The van der Waals surface area contributed by atoms with Gasteiger partial charge in [0.25, 0.3) is 0 Å². The van der Waals surface area contributed by atoms with Gasteiger partial charge in [0.2, 0.25) is 0 Å². The molecule has 0 aliphatic rings. The van der Waals surface area contributed by atoms with Gasteiger partial charge in [-0.1, -0.05) is 63.8 Å². The van der Waals surface area contributed by atoms with Crippen molar-refractivity contribution in [2.45, 2.75) is 104 Å². The van der Waals surface area contributed by atoms with Crippen LogP contribution in [0.15, 0.2) is 24.3 Å². The number of methoxy groups -OCH3 is 2. The molecule has 0 aliphatic heterocycles. The molecule has 0 aliphatic carbocycles. The Balaban J connectivity index is 4.69. The van der Waals surface area contributed by atoms with Crippen molar-refractivity contribution in [2.24, 2.45) is 5.41 Å². The van der Waals surface area contributed by atoms with E-state index in [9.17, 15) is 9.59 Å². The van der Waals surface area contributed by atoms with Gasteiger partial charge in [-0.05, 0) is 64.2 Å². The Labute approximate surface area is 179 Å². The lowest BCUT2D eigenvalue weighted by Crippen LogP contribution is -2.41. The van der Waals surface area contributed by atoms with Crippen molar-refractivity contribution in [1.29, 1.82) is 0 Å². The van der Waals surface area contributed by atoms with Crippen molar-refractivity contribution >= 4 is 11.9 Å². The van der Waals surface area contributed by atoms with E-state index in [0.717, 1.165) is 38.5 Å². The summed E-state index contributed by atoms with van der Waals surface area (Å²) in [4.78, 5) is 25.1. The fourth-order valence-electron chi connectivity index (χ4n) is 3.55. The van der Waals surface area contributed by atoms with E-state index in [-0.39, 0.29) is 0 Å². The predicted molar refractivity (Wildman–Crippen MR) is 121 cm³/mol. The van der Waals surface area contributed by atoms with E-state index < -0.39 is 17.4 Å². The minimum absolute atomic E-state index is 0.464. The van der Waals surface area contributed by atoms with E-state index in [2.05, 4.69) is 38.2 Å². The molecule has 0 unspecified atom stereocenters. The van der Waals surface area contributed by atoms with Crippen LogP contribution in [0.5, 0.6) is 0 Å². The zero-order valence-corrected chi connectivity index (χ0v) is 19.3. The van der Waals surface area contributed by atoms with Gasteiger partial charge in [0, 0.05) is 0 Å². The van der Waals surface area contributed by atoms with Crippen molar-refractivity contribution in [2.75, 3.05) is 14.2 Å². The van der Waals surface area contributed by atoms with Crippen molar-refractivity contribution in [3.05, 3.63) is 24.3 Å². The highest BCUT2D eigenvalue weighted by Gasteiger charge is 2.47. The zero-order chi connectivity index (χ0) is 21.8. The molecular weight excluding hydrogens is 364 g/mol. The van der Waals surface area contributed by atoms with Crippen LogP contribution < -0.4 is 0 Å². The average Bonchev–Trinajstić information content (AvgIpc) is 2.74. The third-order valence-electron chi connectivity index (χ3n) is 5.38.